The Hall–Kier alpha value is -2.23. The number of nitriles is 1. The van der Waals surface area contributed by atoms with Gasteiger partial charge in [-0.05, 0) is 24.6 Å². The molecular weight excluding hydrogens is 271 g/mol. The van der Waals surface area contributed by atoms with Gasteiger partial charge >= 0.3 is 6.18 Å². The Labute approximate surface area is 113 Å². The minimum atomic E-state index is -4.58. The third-order valence-corrected chi connectivity index (χ3v) is 3.38. The highest BCUT2D eigenvalue weighted by atomic mass is 19.4. The molecule has 20 heavy (non-hydrogen) atoms. The Morgan fingerprint density at radius 3 is 2.65 bits per heavy atom. The first kappa shape index (κ1) is 14.2. The van der Waals surface area contributed by atoms with E-state index in [0.29, 0.717) is 25.2 Å². The quantitative estimate of drug-likeness (QED) is 0.901. The third kappa shape index (κ3) is 2.69. The first-order valence-corrected chi connectivity index (χ1v) is 5.98. The number of anilines is 1. The van der Waals surface area contributed by atoms with Crippen LogP contribution >= 0.6 is 0 Å². The number of alkyl halides is 3. The zero-order valence-electron chi connectivity index (χ0n) is 10.4. The molecule has 0 bridgehead atoms. The zero-order chi connectivity index (χ0) is 14.9. The minimum absolute atomic E-state index is 0.304. The molecule has 0 saturated carbocycles. The molecule has 2 rings (SSSR count). The van der Waals surface area contributed by atoms with Crippen molar-refractivity contribution in [1.82, 2.24) is 0 Å². The van der Waals surface area contributed by atoms with Crippen LogP contribution in [0.15, 0.2) is 18.2 Å². The second-order valence-corrected chi connectivity index (χ2v) is 4.67. The van der Waals surface area contributed by atoms with Gasteiger partial charge < -0.3 is 10.6 Å². The van der Waals surface area contributed by atoms with Gasteiger partial charge in [0.05, 0.1) is 23.1 Å². The second kappa shape index (κ2) is 5.04. The summed E-state index contributed by atoms with van der Waals surface area (Å²) in [5.41, 5.74) is 4.17. The summed E-state index contributed by atoms with van der Waals surface area (Å²) in [6.45, 7) is 0.773. The number of nitrogens with two attached hydrogens (primary N) is 1. The van der Waals surface area contributed by atoms with Crippen LogP contribution < -0.4 is 10.6 Å². The molecule has 1 aliphatic rings. The molecule has 0 spiro atoms. The molecule has 1 saturated heterocycles. The number of rotatable bonds is 2. The summed E-state index contributed by atoms with van der Waals surface area (Å²) in [6, 6.07) is 5.08. The zero-order valence-corrected chi connectivity index (χ0v) is 10.4. The first-order chi connectivity index (χ1) is 9.32. The molecule has 2 N–H and O–H groups in total. The number of carbonyl (C=O) groups is 1. The molecule has 1 fully saturated rings. The van der Waals surface area contributed by atoms with Gasteiger partial charge in [-0.15, -0.1) is 0 Å². The summed E-state index contributed by atoms with van der Waals surface area (Å²) >= 11 is 0. The van der Waals surface area contributed by atoms with Crippen molar-refractivity contribution in [2.75, 3.05) is 18.0 Å². The first-order valence-electron chi connectivity index (χ1n) is 5.98. The average Bonchev–Trinajstić information content (AvgIpc) is 2.86. The molecule has 0 radical (unpaired) electrons. The topological polar surface area (TPSA) is 70.1 Å². The summed E-state index contributed by atoms with van der Waals surface area (Å²) in [6.07, 6.45) is -4.05. The van der Waals surface area contributed by atoms with Crippen LogP contribution in [0.2, 0.25) is 0 Å². The summed E-state index contributed by atoms with van der Waals surface area (Å²) in [4.78, 5) is 12.8. The molecule has 106 valence electrons. The molecule has 1 aromatic carbocycles. The van der Waals surface area contributed by atoms with Crippen LogP contribution in [0.1, 0.15) is 17.5 Å². The molecule has 0 unspecified atom stereocenters. The lowest BCUT2D eigenvalue weighted by atomic mass is 10.1. The Balaban J connectivity index is 2.31. The molecule has 1 aliphatic heterocycles. The van der Waals surface area contributed by atoms with E-state index in [1.165, 1.54) is 12.1 Å². The average molecular weight is 283 g/mol. The summed E-state index contributed by atoms with van der Waals surface area (Å²) in [7, 11) is 0. The number of amides is 1. The molecule has 1 heterocycles. The molecule has 1 atom stereocenters. The Morgan fingerprint density at radius 2 is 2.15 bits per heavy atom. The molecular formula is C13H12F3N3O. The van der Waals surface area contributed by atoms with E-state index >= 15 is 0 Å². The van der Waals surface area contributed by atoms with Crippen LogP contribution in [0.25, 0.3) is 0 Å². The molecule has 7 heteroatoms. The lowest BCUT2D eigenvalue weighted by Gasteiger charge is -2.20. The highest BCUT2D eigenvalue weighted by molar-refractivity contribution is 5.78. The fraction of sp³-hybridized carbons (Fsp3) is 0.385. The van der Waals surface area contributed by atoms with E-state index in [1.54, 1.807) is 4.90 Å². The maximum atomic E-state index is 12.9. The molecule has 4 nitrogen and oxygen atoms in total. The van der Waals surface area contributed by atoms with Gasteiger partial charge in [0.1, 0.15) is 0 Å². The predicted octanol–water partition coefficient (Wildman–Crippen LogP) is 1.89. The van der Waals surface area contributed by atoms with Gasteiger partial charge in [0.15, 0.2) is 0 Å². The molecule has 1 amide bonds. The van der Waals surface area contributed by atoms with Gasteiger partial charge in [0.25, 0.3) is 0 Å². The van der Waals surface area contributed by atoms with Crippen molar-refractivity contribution in [2.24, 2.45) is 11.7 Å². The highest BCUT2D eigenvalue weighted by Gasteiger charge is 2.35. The second-order valence-electron chi connectivity index (χ2n) is 4.67. The SMILES string of the molecule is N#Cc1ccc(N2CC[C@@H](C(N)=O)C2)cc1C(F)(F)F. The van der Waals surface area contributed by atoms with Crippen molar-refractivity contribution >= 4 is 11.6 Å². The van der Waals surface area contributed by atoms with Gasteiger partial charge in [-0.1, -0.05) is 0 Å². The van der Waals surface area contributed by atoms with Crippen molar-refractivity contribution in [2.45, 2.75) is 12.6 Å². The van der Waals surface area contributed by atoms with Crippen LogP contribution in [-0.4, -0.2) is 19.0 Å². The van der Waals surface area contributed by atoms with E-state index in [0.717, 1.165) is 12.1 Å². The van der Waals surface area contributed by atoms with Crippen molar-refractivity contribution in [3.05, 3.63) is 29.3 Å². The Morgan fingerprint density at radius 1 is 1.45 bits per heavy atom. The monoisotopic (exact) mass is 283 g/mol. The van der Waals surface area contributed by atoms with Gasteiger partial charge in [0, 0.05) is 18.8 Å². The number of primary amides is 1. The van der Waals surface area contributed by atoms with E-state index in [4.69, 9.17) is 11.0 Å². The van der Waals surface area contributed by atoms with E-state index in [2.05, 4.69) is 0 Å². The van der Waals surface area contributed by atoms with E-state index < -0.39 is 23.2 Å². The third-order valence-electron chi connectivity index (χ3n) is 3.38. The number of benzene rings is 1. The van der Waals surface area contributed by atoms with E-state index in [1.807, 2.05) is 0 Å². The summed E-state index contributed by atoms with van der Waals surface area (Å²) in [5, 5.41) is 8.73. The molecule has 0 aromatic heterocycles. The smallest absolute Gasteiger partial charge is 0.371 e. The van der Waals surface area contributed by atoms with Crippen LogP contribution in [-0.2, 0) is 11.0 Å². The number of carbonyl (C=O) groups excluding carboxylic acids is 1. The summed E-state index contributed by atoms with van der Waals surface area (Å²) < 4.78 is 38.6. The lowest BCUT2D eigenvalue weighted by molar-refractivity contribution is -0.137. The highest BCUT2D eigenvalue weighted by Crippen LogP contribution is 2.35. The van der Waals surface area contributed by atoms with Gasteiger partial charge in [0.2, 0.25) is 5.91 Å². The number of nitrogens with zero attached hydrogens (tertiary/aromatic N) is 2. The fourth-order valence-corrected chi connectivity index (χ4v) is 2.29. The fourth-order valence-electron chi connectivity index (χ4n) is 2.29. The maximum absolute atomic E-state index is 12.9. The molecule has 0 aliphatic carbocycles. The van der Waals surface area contributed by atoms with Gasteiger partial charge in [-0.3, -0.25) is 4.79 Å². The standard InChI is InChI=1S/C13H12F3N3O/c14-13(15,16)11-5-10(2-1-8(11)6-17)19-4-3-9(7-19)12(18)20/h1-2,5,9H,3-4,7H2,(H2,18,20)/t9-/m1/s1. The van der Waals surface area contributed by atoms with Crippen molar-refractivity contribution in [1.29, 1.82) is 5.26 Å². The summed E-state index contributed by atoms with van der Waals surface area (Å²) in [5.74, 6) is -0.794. The van der Waals surface area contributed by atoms with Gasteiger partial charge in [-0.2, -0.15) is 18.4 Å². The lowest BCUT2D eigenvalue weighted by Crippen LogP contribution is -2.27. The van der Waals surface area contributed by atoms with E-state index in [-0.39, 0.29) is 5.92 Å². The van der Waals surface area contributed by atoms with Gasteiger partial charge in [-0.25, -0.2) is 0 Å². The Bertz CT molecular complexity index is 577. The van der Waals surface area contributed by atoms with Crippen LogP contribution in [0.5, 0.6) is 0 Å². The predicted molar refractivity (Wildman–Crippen MR) is 65.7 cm³/mol. The van der Waals surface area contributed by atoms with Crippen LogP contribution in [0.4, 0.5) is 18.9 Å². The van der Waals surface area contributed by atoms with Crippen molar-refractivity contribution < 1.29 is 18.0 Å². The Kier molecular flexibility index (Phi) is 3.57. The number of halogens is 3. The molecule has 1 aromatic rings. The number of hydrogen-bond acceptors (Lipinski definition) is 3. The number of hydrogen-bond donors (Lipinski definition) is 1. The van der Waals surface area contributed by atoms with Crippen LogP contribution in [0.3, 0.4) is 0 Å². The van der Waals surface area contributed by atoms with Crippen LogP contribution in [0, 0.1) is 17.2 Å². The van der Waals surface area contributed by atoms with Crippen molar-refractivity contribution in [3.8, 4) is 6.07 Å². The minimum Gasteiger partial charge on any atom is -0.371 e. The van der Waals surface area contributed by atoms with Crippen molar-refractivity contribution in [3.63, 3.8) is 0 Å². The van der Waals surface area contributed by atoms with E-state index in [9.17, 15) is 18.0 Å². The largest absolute Gasteiger partial charge is 0.417 e. The maximum Gasteiger partial charge on any atom is 0.417 e. The normalized spacial score (nSPS) is 18.9.